The molecule has 2 N–H and O–H groups in total. The fourth-order valence-electron chi connectivity index (χ4n) is 1.29. The number of amides is 1. The third kappa shape index (κ3) is 4.82. The van der Waals surface area contributed by atoms with E-state index in [1.165, 1.54) is 6.07 Å². The standard InChI is InChI=1S/C12H17FN2O2/c1-9-7-10(3-4-11(9)13)15-8-12(16)14-5-6-17-2/h3-4,7,15H,5-6,8H2,1-2H3,(H,14,16). The Kier molecular flexibility index (Phi) is 5.42. The molecule has 0 aromatic heterocycles. The minimum absolute atomic E-state index is 0.121. The van der Waals surface area contributed by atoms with E-state index in [2.05, 4.69) is 10.6 Å². The van der Waals surface area contributed by atoms with Gasteiger partial charge in [-0.15, -0.1) is 0 Å². The quantitative estimate of drug-likeness (QED) is 0.737. The summed E-state index contributed by atoms with van der Waals surface area (Å²) in [5.41, 5.74) is 1.28. The van der Waals surface area contributed by atoms with Gasteiger partial charge < -0.3 is 15.4 Å². The van der Waals surface area contributed by atoms with E-state index in [9.17, 15) is 9.18 Å². The highest BCUT2D eigenvalue weighted by atomic mass is 19.1. The number of hydrogen-bond donors (Lipinski definition) is 2. The molecular formula is C12H17FN2O2. The molecular weight excluding hydrogens is 223 g/mol. The Bertz CT molecular complexity index is 383. The van der Waals surface area contributed by atoms with Crippen molar-refractivity contribution >= 4 is 11.6 Å². The Hall–Kier alpha value is -1.62. The number of carbonyl (C=O) groups excluding carboxylic acids is 1. The maximum absolute atomic E-state index is 13.0. The van der Waals surface area contributed by atoms with Crippen LogP contribution in [0.4, 0.5) is 10.1 Å². The second-order valence-corrected chi connectivity index (χ2v) is 3.66. The van der Waals surface area contributed by atoms with Gasteiger partial charge in [-0.3, -0.25) is 4.79 Å². The van der Waals surface area contributed by atoms with E-state index in [0.29, 0.717) is 18.7 Å². The maximum Gasteiger partial charge on any atom is 0.239 e. The van der Waals surface area contributed by atoms with Gasteiger partial charge in [0.05, 0.1) is 13.2 Å². The van der Waals surface area contributed by atoms with Crippen LogP contribution in [0.2, 0.25) is 0 Å². The second-order valence-electron chi connectivity index (χ2n) is 3.66. The number of methoxy groups -OCH3 is 1. The monoisotopic (exact) mass is 240 g/mol. The Labute approximate surface area is 100 Å². The summed E-state index contributed by atoms with van der Waals surface area (Å²) in [5.74, 6) is -0.371. The first-order valence-corrected chi connectivity index (χ1v) is 5.39. The average Bonchev–Trinajstić information content (AvgIpc) is 2.31. The minimum atomic E-state index is -0.250. The van der Waals surface area contributed by atoms with Gasteiger partial charge in [-0.25, -0.2) is 4.39 Å². The number of ether oxygens (including phenoxy) is 1. The summed E-state index contributed by atoms with van der Waals surface area (Å²) in [6, 6.07) is 4.64. The molecule has 0 radical (unpaired) electrons. The Morgan fingerprint density at radius 2 is 2.24 bits per heavy atom. The fraction of sp³-hybridized carbons (Fsp3) is 0.417. The summed E-state index contributed by atoms with van der Waals surface area (Å²) in [5, 5.41) is 5.60. The molecule has 1 amide bonds. The number of aryl methyl sites for hydroxylation is 1. The van der Waals surface area contributed by atoms with E-state index >= 15 is 0 Å². The molecule has 0 aliphatic carbocycles. The van der Waals surface area contributed by atoms with E-state index in [1.807, 2.05) is 0 Å². The second kappa shape index (κ2) is 6.85. The molecule has 0 saturated carbocycles. The highest BCUT2D eigenvalue weighted by Gasteiger charge is 2.02. The SMILES string of the molecule is COCCNC(=O)CNc1ccc(F)c(C)c1. The minimum Gasteiger partial charge on any atom is -0.383 e. The topological polar surface area (TPSA) is 50.4 Å². The molecule has 0 unspecified atom stereocenters. The molecule has 0 saturated heterocycles. The smallest absolute Gasteiger partial charge is 0.239 e. The van der Waals surface area contributed by atoms with Crippen LogP contribution in [-0.4, -0.2) is 32.7 Å². The third-order valence-corrected chi connectivity index (χ3v) is 2.24. The predicted octanol–water partition coefficient (Wildman–Crippen LogP) is 1.31. The lowest BCUT2D eigenvalue weighted by Gasteiger charge is -2.08. The molecule has 0 heterocycles. The van der Waals surface area contributed by atoms with E-state index in [1.54, 1.807) is 26.2 Å². The first-order chi connectivity index (χ1) is 8.13. The van der Waals surface area contributed by atoms with Crippen molar-refractivity contribution in [1.82, 2.24) is 5.32 Å². The van der Waals surface area contributed by atoms with Crippen LogP contribution >= 0.6 is 0 Å². The Morgan fingerprint density at radius 3 is 2.88 bits per heavy atom. The van der Waals surface area contributed by atoms with E-state index in [0.717, 1.165) is 5.69 Å². The lowest BCUT2D eigenvalue weighted by Crippen LogP contribution is -2.32. The van der Waals surface area contributed by atoms with Gasteiger partial charge in [0.2, 0.25) is 5.91 Å². The van der Waals surface area contributed by atoms with Gasteiger partial charge >= 0.3 is 0 Å². The van der Waals surface area contributed by atoms with Gasteiger partial charge in [0, 0.05) is 19.3 Å². The number of nitrogens with one attached hydrogen (secondary N) is 2. The molecule has 17 heavy (non-hydrogen) atoms. The van der Waals surface area contributed by atoms with Crippen molar-refractivity contribution in [3.63, 3.8) is 0 Å². The van der Waals surface area contributed by atoms with Crippen LogP contribution in [0, 0.1) is 12.7 Å². The van der Waals surface area contributed by atoms with Gasteiger partial charge in [-0.2, -0.15) is 0 Å². The molecule has 0 fully saturated rings. The molecule has 0 bridgehead atoms. The largest absolute Gasteiger partial charge is 0.383 e. The number of hydrogen-bond acceptors (Lipinski definition) is 3. The first kappa shape index (κ1) is 13.4. The summed E-state index contributed by atoms with van der Waals surface area (Å²) in [7, 11) is 1.58. The molecule has 1 aromatic rings. The lowest BCUT2D eigenvalue weighted by molar-refractivity contribution is -0.119. The van der Waals surface area contributed by atoms with Crippen molar-refractivity contribution < 1.29 is 13.9 Å². The summed E-state index contributed by atoms with van der Waals surface area (Å²) in [6.45, 7) is 2.81. The normalized spacial score (nSPS) is 10.1. The van der Waals surface area contributed by atoms with Crippen LogP contribution in [0.3, 0.4) is 0 Å². The van der Waals surface area contributed by atoms with Crippen molar-refractivity contribution in [2.75, 3.05) is 32.1 Å². The molecule has 0 atom stereocenters. The molecule has 1 rings (SSSR count). The average molecular weight is 240 g/mol. The molecule has 5 heteroatoms. The summed E-state index contributed by atoms with van der Waals surface area (Å²) in [6.07, 6.45) is 0. The van der Waals surface area contributed by atoms with Crippen LogP contribution < -0.4 is 10.6 Å². The number of rotatable bonds is 6. The van der Waals surface area contributed by atoms with Crippen LogP contribution in [-0.2, 0) is 9.53 Å². The van der Waals surface area contributed by atoms with Crippen molar-refractivity contribution in [2.45, 2.75) is 6.92 Å². The molecule has 0 aliphatic heterocycles. The zero-order valence-corrected chi connectivity index (χ0v) is 10.0. The van der Waals surface area contributed by atoms with Crippen molar-refractivity contribution in [3.8, 4) is 0 Å². The summed E-state index contributed by atoms with van der Waals surface area (Å²) >= 11 is 0. The zero-order chi connectivity index (χ0) is 12.7. The molecule has 0 spiro atoms. The van der Waals surface area contributed by atoms with Gasteiger partial charge in [0.15, 0.2) is 0 Å². The Morgan fingerprint density at radius 1 is 1.47 bits per heavy atom. The predicted molar refractivity (Wildman–Crippen MR) is 64.5 cm³/mol. The first-order valence-electron chi connectivity index (χ1n) is 5.39. The maximum atomic E-state index is 13.0. The highest BCUT2D eigenvalue weighted by molar-refractivity contribution is 5.80. The molecule has 94 valence electrons. The third-order valence-electron chi connectivity index (χ3n) is 2.24. The van der Waals surface area contributed by atoms with Gasteiger partial charge in [-0.1, -0.05) is 0 Å². The van der Waals surface area contributed by atoms with E-state index < -0.39 is 0 Å². The number of benzene rings is 1. The van der Waals surface area contributed by atoms with E-state index in [-0.39, 0.29) is 18.3 Å². The molecule has 4 nitrogen and oxygen atoms in total. The number of carbonyl (C=O) groups is 1. The van der Waals surface area contributed by atoms with Crippen LogP contribution in [0.25, 0.3) is 0 Å². The van der Waals surface area contributed by atoms with E-state index in [4.69, 9.17) is 4.74 Å². The van der Waals surface area contributed by atoms with Gasteiger partial charge in [0.1, 0.15) is 5.82 Å². The molecule has 0 aliphatic rings. The lowest BCUT2D eigenvalue weighted by atomic mass is 10.2. The summed E-state index contributed by atoms with van der Waals surface area (Å²) in [4.78, 5) is 11.3. The highest BCUT2D eigenvalue weighted by Crippen LogP contribution is 2.12. The summed E-state index contributed by atoms with van der Waals surface area (Å²) < 4.78 is 17.8. The van der Waals surface area contributed by atoms with Crippen LogP contribution in [0.5, 0.6) is 0 Å². The molecule has 1 aromatic carbocycles. The number of anilines is 1. The van der Waals surface area contributed by atoms with Crippen molar-refractivity contribution in [3.05, 3.63) is 29.6 Å². The fourth-order valence-corrected chi connectivity index (χ4v) is 1.29. The van der Waals surface area contributed by atoms with Gasteiger partial charge in [0.25, 0.3) is 0 Å². The van der Waals surface area contributed by atoms with Crippen molar-refractivity contribution in [1.29, 1.82) is 0 Å². The van der Waals surface area contributed by atoms with Crippen molar-refractivity contribution in [2.24, 2.45) is 0 Å². The Balaban J connectivity index is 2.34. The van der Waals surface area contributed by atoms with Crippen LogP contribution in [0.15, 0.2) is 18.2 Å². The number of halogens is 1. The zero-order valence-electron chi connectivity index (χ0n) is 10.0. The van der Waals surface area contributed by atoms with Gasteiger partial charge in [-0.05, 0) is 30.7 Å². The van der Waals surface area contributed by atoms with Crippen LogP contribution in [0.1, 0.15) is 5.56 Å².